The van der Waals surface area contributed by atoms with Crippen LogP contribution in [0.5, 0.6) is 0 Å². The van der Waals surface area contributed by atoms with Crippen molar-refractivity contribution < 1.29 is 0 Å². The quantitative estimate of drug-likeness (QED) is 0.711. The van der Waals surface area contributed by atoms with E-state index in [0.29, 0.717) is 0 Å². The van der Waals surface area contributed by atoms with E-state index in [4.69, 9.17) is 0 Å². The van der Waals surface area contributed by atoms with Crippen molar-refractivity contribution in [3.05, 3.63) is 0 Å². The first-order valence-corrected chi connectivity index (χ1v) is 7.01. The summed E-state index contributed by atoms with van der Waals surface area (Å²) in [7, 11) is 0. The van der Waals surface area contributed by atoms with Crippen molar-refractivity contribution >= 4 is 0 Å². The number of rotatable bonds is 5. The molecule has 0 amide bonds. The van der Waals surface area contributed by atoms with E-state index in [1.165, 1.54) is 39.1 Å². The molecule has 96 valence electrons. The summed E-state index contributed by atoms with van der Waals surface area (Å²) in [5.74, 6) is 1.60. The minimum Gasteiger partial charge on any atom is -0.301 e. The SMILES string of the molecule is CCN1CCN(C(CC(C)C)C(C)C)CC1. The van der Waals surface area contributed by atoms with Crippen molar-refractivity contribution in [1.29, 1.82) is 0 Å². The lowest BCUT2D eigenvalue weighted by Crippen LogP contribution is -2.51. The highest BCUT2D eigenvalue weighted by Crippen LogP contribution is 2.20. The molecule has 0 saturated carbocycles. The van der Waals surface area contributed by atoms with Gasteiger partial charge in [0.1, 0.15) is 0 Å². The normalized spacial score (nSPS) is 21.9. The van der Waals surface area contributed by atoms with Crippen LogP contribution < -0.4 is 0 Å². The van der Waals surface area contributed by atoms with Crippen molar-refractivity contribution in [2.75, 3.05) is 32.7 Å². The Labute approximate surface area is 102 Å². The fourth-order valence-electron chi connectivity index (χ4n) is 2.74. The zero-order valence-electron chi connectivity index (χ0n) is 11.9. The van der Waals surface area contributed by atoms with Gasteiger partial charge in [0.2, 0.25) is 0 Å². The molecule has 16 heavy (non-hydrogen) atoms. The summed E-state index contributed by atoms with van der Waals surface area (Å²) in [6, 6.07) is 0.791. The fraction of sp³-hybridized carbons (Fsp3) is 1.00. The Morgan fingerprint density at radius 3 is 1.88 bits per heavy atom. The van der Waals surface area contributed by atoms with E-state index in [-0.39, 0.29) is 0 Å². The van der Waals surface area contributed by atoms with E-state index in [9.17, 15) is 0 Å². The van der Waals surface area contributed by atoms with Gasteiger partial charge in [0.05, 0.1) is 0 Å². The van der Waals surface area contributed by atoms with Gasteiger partial charge in [-0.1, -0.05) is 34.6 Å². The van der Waals surface area contributed by atoms with E-state index in [1.54, 1.807) is 0 Å². The molecule has 1 unspecified atom stereocenters. The Kier molecular flexibility index (Phi) is 5.77. The van der Waals surface area contributed by atoms with Crippen LogP contribution in [0.1, 0.15) is 41.0 Å². The second kappa shape index (κ2) is 6.61. The van der Waals surface area contributed by atoms with Crippen LogP contribution in [0.2, 0.25) is 0 Å². The topological polar surface area (TPSA) is 6.48 Å². The third-order valence-electron chi connectivity index (χ3n) is 3.81. The standard InChI is InChI=1S/C14H30N2/c1-6-15-7-9-16(10-8-15)14(13(4)5)11-12(2)3/h12-14H,6-11H2,1-5H3. The van der Waals surface area contributed by atoms with Crippen LogP contribution in [0, 0.1) is 11.8 Å². The molecule has 1 aliphatic rings. The fourth-order valence-corrected chi connectivity index (χ4v) is 2.74. The van der Waals surface area contributed by atoms with E-state index < -0.39 is 0 Å². The molecule has 0 spiro atoms. The summed E-state index contributed by atoms with van der Waals surface area (Å²) in [4.78, 5) is 5.28. The van der Waals surface area contributed by atoms with Gasteiger partial charge in [-0.05, 0) is 24.8 Å². The molecule has 0 aromatic carbocycles. The number of likely N-dealkylation sites (N-methyl/N-ethyl adjacent to an activating group) is 1. The average Bonchev–Trinajstić information content (AvgIpc) is 2.25. The van der Waals surface area contributed by atoms with Crippen molar-refractivity contribution in [3.8, 4) is 0 Å². The predicted octanol–water partition coefficient (Wildman–Crippen LogP) is 2.69. The molecule has 1 rings (SSSR count). The van der Waals surface area contributed by atoms with Crippen molar-refractivity contribution in [2.24, 2.45) is 11.8 Å². The molecule has 1 fully saturated rings. The molecule has 1 aliphatic heterocycles. The Morgan fingerprint density at radius 1 is 0.938 bits per heavy atom. The van der Waals surface area contributed by atoms with Gasteiger partial charge in [-0.15, -0.1) is 0 Å². The minimum atomic E-state index is 0.788. The minimum absolute atomic E-state index is 0.788. The van der Waals surface area contributed by atoms with Gasteiger partial charge in [0.15, 0.2) is 0 Å². The molecule has 1 atom stereocenters. The molecule has 0 bridgehead atoms. The Bertz CT molecular complexity index is 181. The van der Waals surface area contributed by atoms with Crippen molar-refractivity contribution in [2.45, 2.75) is 47.1 Å². The largest absolute Gasteiger partial charge is 0.301 e. The third kappa shape index (κ3) is 4.06. The maximum Gasteiger partial charge on any atom is 0.0122 e. The third-order valence-corrected chi connectivity index (χ3v) is 3.81. The molecular formula is C14H30N2. The first kappa shape index (κ1) is 14.0. The average molecular weight is 226 g/mol. The van der Waals surface area contributed by atoms with Crippen LogP contribution in [-0.4, -0.2) is 48.6 Å². The molecule has 0 aliphatic carbocycles. The summed E-state index contributed by atoms with van der Waals surface area (Å²) in [5.41, 5.74) is 0. The lowest BCUT2D eigenvalue weighted by Gasteiger charge is -2.41. The molecule has 2 heteroatoms. The molecular weight excluding hydrogens is 196 g/mol. The van der Waals surface area contributed by atoms with E-state index in [1.807, 2.05) is 0 Å². The van der Waals surface area contributed by atoms with Crippen LogP contribution in [0.3, 0.4) is 0 Å². The second-order valence-corrected chi connectivity index (χ2v) is 5.91. The van der Waals surface area contributed by atoms with Crippen molar-refractivity contribution in [1.82, 2.24) is 9.80 Å². The van der Waals surface area contributed by atoms with E-state index in [2.05, 4.69) is 44.4 Å². The molecule has 0 aromatic rings. The number of piperazine rings is 1. The van der Waals surface area contributed by atoms with Crippen LogP contribution in [-0.2, 0) is 0 Å². The van der Waals surface area contributed by atoms with Crippen LogP contribution in [0.15, 0.2) is 0 Å². The molecule has 1 saturated heterocycles. The van der Waals surface area contributed by atoms with Gasteiger partial charge in [-0.2, -0.15) is 0 Å². The van der Waals surface area contributed by atoms with Gasteiger partial charge in [-0.25, -0.2) is 0 Å². The summed E-state index contributed by atoms with van der Waals surface area (Å²) >= 11 is 0. The molecule has 2 nitrogen and oxygen atoms in total. The summed E-state index contributed by atoms with van der Waals surface area (Å²) < 4.78 is 0. The number of hydrogen-bond acceptors (Lipinski definition) is 2. The predicted molar refractivity (Wildman–Crippen MR) is 71.8 cm³/mol. The monoisotopic (exact) mass is 226 g/mol. The van der Waals surface area contributed by atoms with Gasteiger partial charge in [-0.3, -0.25) is 4.90 Å². The van der Waals surface area contributed by atoms with Gasteiger partial charge >= 0.3 is 0 Å². The summed E-state index contributed by atoms with van der Waals surface area (Å²) in [5, 5.41) is 0. The van der Waals surface area contributed by atoms with Gasteiger partial charge in [0.25, 0.3) is 0 Å². The Morgan fingerprint density at radius 2 is 1.50 bits per heavy atom. The zero-order chi connectivity index (χ0) is 12.1. The highest BCUT2D eigenvalue weighted by Gasteiger charge is 2.25. The van der Waals surface area contributed by atoms with E-state index >= 15 is 0 Å². The Hall–Kier alpha value is -0.0800. The second-order valence-electron chi connectivity index (χ2n) is 5.91. The zero-order valence-corrected chi connectivity index (χ0v) is 11.9. The van der Waals surface area contributed by atoms with Gasteiger partial charge < -0.3 is 4.90 Å². The first-order valence-electron chi connectivity index (χ1n) is 7.01. The maximum atomic E-state index is 2.72. The molecule has 1 heterocycles. The molecule has 0 radical (unpaired) electrons. The van der Waals surface area contributed by atoms with Crippen LogP contribution in [0.25, 0.3) is 0 Å². The highest BCUT2D eigenvalue weighted by atomic mass is 15.3. The highest BCUT2D eigenvalue weighted by molar-refractivity contribution is 4.81. The number of nitrogens with zero attached hydrogens (tertiary/aromatic N) is 2. The van der Waals surface area contributed by atoms with E-state index in [0.717, 1.165) is 17.9 Å². The van der Waals surface area contributed by atoms with Crippen LogP contribution in [0.4, 0.5) is 0 Å². The summed E-state index contributed by atoms with van der Waals surface area (Å²) in [6.45, 7) is 18.0. The molecule has 0 aromatic heterocycles. The maximum absolute atomic E-state index is 2.72. The Balaban J connectivity index is 2.46. The van der Waals surface area contributed by atoms with Gasteiger partial charge in [0, 0.05) is 32.2 Å². The number of hydrogen-bond donors (Lipinski definition) is 0. The molecule has 0 N–H and O–H groups in total. The lowest BCUT2D eigenvalue weighted by atomic mass is 9.92. The summed E-state index contributed by atoms with van der Waals surface area (Å²) in [6.07, 6.45) is 1.35. The van der Waals surface area contributed by atoms with Crippen LogP contribution >= 0.6 is 0 Å². The smallest absolute Gasteiger partial charge is 0.0122 e. The first-order chi connectivity index (χ1) is 7.54. The van der Waals surface area contributed by atoms with Crippen molar-refractivity contribution in [3.63, 3.8) is 0 Å². The lowest BCUT2D eigenvalue weighted by molar-refractivity contribution is 0.0684.